The summed E-state index contributed by atoms with van der Waals surface area (Å²) in [5.74, 6) is 0.887. The van der Waals surface area contributed by atoms with E-state index in [0.717, 1.165) is 53.7 Å². The number of thioether (sulfide) groups is 1. The van der Waals surface area contributed by atoms with Gasteiger partial charge < -0.3 is 26.0 Å². The molecular weight excluding hydrogens is 346 g/mol. The molecule has 3 aliphatic rings. The summed E-state index contributed by atoms with van der Waals surface area (Å²) < 4.78 is 5.80. The number of fused-ring (bicyclic) bond motifs is 1. The summed E-state index contributed by atoms with van der Waals surface area (Å²) in [5.41, 5.74) is 15.7. The summed E-state index contributed by atoms with van der Waals surface area (Å²) >= 11 is 1.63. The lowest BCUT2D eigenvalue weighted by atomic mass is 10.1. The number of hydrogen-bond acceptors (Lipinski definition) is 7. The molecule has 0 spiro atoms. The first-order chi connectivity index (χ1) is 12.7. The summed E-state index contributed by atoms with van der Waals surface area (Å²) in [6.07, 6.45) is 12.1. The van der Waals surface area contributed by atoms with E-state index in [9.17, 15) is 0 Å². The molecule has 1 fully saturated rings. The smallest absolute Gasteiger partial charge is 0.136 e. The zero-order chi connectivity index (χ0) is 18.1. The molecule has 0 amide bonds. The van der Waals surface area contributed by atoms with Crippen molar-refractivity contribution in [3.05, 3.63) is 53.2 Å². The van der Waals surface area contributed by atoms with Crippen LogP contribution in [0.15, 0.2) is 53.2 Å². The zero-order valence-corrected chi connectivity index (χ0v) is 15.8. The highest BCUT2D eigenvalue weighted by molar-refractivity contribution is 8.04. The first-order valence-corrected chi connectivity index (χ1v) is 9.99. The molecule has 6 nitrogen and oxygen atoms in total. The highest BCUT2D eigenvalue weighted by atomic mass is 32.2. The SMILES string of the molecule is CCOC1=C2SC(N)C=C2N(c2cnccc2N2CCC[C@H](N)C2)C=C1. The zero-order valence-electron chi connectivity index (χ0n) is 15.0. The average molecular weight is 372 g/mol. The second-order valence-corrected chi connectivity index (χ2v) is 7.85. The lowest BCUT2D eigenvalue weighted by Crippen LogP contribution is -2.43. The van der Waals surface area contributed by atoms with Crippen LogP contribution in [0.1, 0.15) is 19.8 Å². The van der Waals surface area contributed by atoms with Crippen LogP contribution in [0.25, 0.3) is 0 Å². The van der Waals surface area contributed by atoms with Crippen LogP contribution in [-0.4, -0.2) is 36.1 Å². The molecule has 4 rings (SSSR count). The maximum Gasteiger partial charge on any atom is 0.136 e. The molecular formula is C19H25N5OS. The van der Waals surface area contributed by atoms with Crippen molar-refractivity contribution in [1.29, 1.82) is 0 Å². The summed E-state index contributed by atoms with van der Waals surface area (Å²) in [4.78, 5) is 10.00. The summed E-state index contributed by atoms with van der Waals surface area (Å²) in [6.45, 7) is 4.52. The van der Waals surface area contributed by atoms with Crippen molar-refractivity contribution in [1.82, 2.24) is 4.98 Å². The molecule has 26 heavy (non-hydrogen) atoms. The Kier molecular flexibility index (Phi) is 4.93. The Balaban J connectivity index is 1.71. The standard InChI is InChI=1S/C19H25N5OS/c1-2-25-17-6-9-24(15-10-18(21)26-19(15)17)16-11-22-7-5-14(16)23-8-3-4-13(20)12-23/h5-7,9-11,13,18H,2-4,8,12,20-21H2,1H3/t13-,18?/m0/s1. The molecule has 4 heterocycles. The second kappa shape index (κ2) is 7.34. The molecule has 0 saturated carbocycles. The van der Waals surface area contributed by atoms with Gasteiger partial charge in [0.15, 0.2) is 0 Å². The van der Waals surface area contributed by atoms with Gasteiger partial charge in [0.05, 0.1) is 40.2 Å². The lowest BCUT2D eigenvalue weighted by molar-refractivity contribution is 0.241. The summed E-state index contributed by atoms with van der Waals surface area (Å²) in [7, 11) is 0. The maximum absolute atomic E-state index is 6.21. The first kappa shape index (κ1) is 17.5. The van der Waals surface area contributed by atoms with Gasteiger partial charge in [-0.3, -0.25) is 4.98 Å². The van der Waals surface area contributed by atoms with Gasteiger partial charge in [-0.05, 0) is 38.0 Å². The van der Waals surface area contributed by atoms with Crippen LogP contribution in [0.5, 0.6) is 0 Å². The fourth-order valence-electron chi connectivity index (χ4n) is 3.67. The predicted molar refractivity (Wildman–Crippen MR) is 108 cm³/mol. The third-order valence-electron chi connectivity index (χ3n) is 4.80. The van der Waals surface area contributed by atoms with Gasteiger partial charge in [-0.25, -0.2) is 0 Å². The Labute approximate surface area is 158 Å². The van der Waals surface area contributed by atoms with Crippen molar-refractivity contribution >= 4 is 23.1 Å². The van der Waals surface area contributed by atoms with Gasteiger partial charge in [-0.2, -0.15) is 0 Å². The maximum atomic E-state index is 6.21. The number of nitrogens with zero attached hydrogens (tertiary/aromatic N) is 3. The summed E-state index contributed by atoms with van der Waals surface area (Å²) in [5, 5.41) is -0.0682. The van der Waals surface area contributed by atoms with Gasteiger partial charge in [-0.15, -0.1) is 0 Å². The van der Waals surface area contributed by atoms with Gasteiger partial charge >= 0.3 is 0 Å². The van der Waals surface area contributed by atoms with E-state index >= 15 is 0 Å². The molecule has 0 radical (unpaired) electrons. The molecule has 138 valence electrons. The number of hydrogen-bond donors (Lipinski definition) is 2. The van der Waals surface area contributed by atoms with Crippen molar-refractivity contribution in [2.45, 2.75) is 31.2 Å². The second-order valence-electron chi connectivity index (χ2n) is 6.66. The molecule has 4 N–H and O–H groups in total. The van der Waals surface area contributed by atoms with Crippen molar-refractivity contribution in [3.63, 3.8) is 0 Å². The number of piperidine rings is 1. The topological polar surface area (TPSA) is 80.6 Å². The van der Waals surface area contributed by atoms with Crippen LogP contribution in [0, 0.1) is 0 Å². The van der Waals surface area contributed by atoms with Crippen molar-refractivity contribution in [3.8, 4) is 0 Å². The van der Waals surface area contributed by atoms with E-state index in [2.05, 4.69) is 26.9 Å². The Morgan fingerprint density at radius 1 is 1.35 bits per heavy atom. The van der Waals surface area contributed by atoms with Crippen LogP contribution >= 0.6 is 11.8 Å². The summed E-state index contributed by atoms with van der Waals surface area (Å²) in [6, 6.07) is 2.29. The van der Waals surface area contributed by atoms with E-state index in [1.807, 2.05) is 31.6 Å². The quantitative estimate of drug-likeness (QED) is 0.842. The first-order valence-electron chi connectivity index (χ1n) is 9.11. The third-order valence-corrected chi connectivity index (χ3v) is 5.86. The normalized spacial score (nSPS) is 25.4. The molecule has 2 atom stereocenters. The highest BCUT2D eigenvalue weighted by Crippen LogP contribution is 2.45. The number of rotatable bonds is 4. The van der Waals surface area contributed by atoms with E-state index in [-0.39, 0.29) is 11.4 Å². The van der Waals surface area contributed by atoms with Crippen LogP contribution in [-0.2, 0) is 4.74 Å². The number of ether oxygens (including phenoxy) is 1. The Hall–Kier alpha value is -1.96. The minimum atomic E-state index is -0.0682. The Morgan fingerprint density at radius 3 is 3.04 bits per heavy atom. The van der Waals surface area contributed by atoms with E-state index in [1.54, 1.807) is 11.8 Å². The van der Waals surface area contributed by atoms with Gasteiger partial charge in [-0.1, -0.05) is 11.8 Å². The molecule has 0 aliphatic carbocycles. The number of aromatic nitrogens is 1. The van der Waals surface area contributed by atoms with Gasteiger partial charge in [0.25, 0.3) is 0 Å². The van der Waals surface area contributed by atoms with E-state index in [0.29, 0.717) is 6.61 Å². The number of nitrogens with two attached hydrogens (primary N) is 2. The number of pyridine rings is 1. The van der Waals surface area contributed by atoms with Crippen LogP contribution < -0.4 is 21.3 Å². The van der Waals surface area contributed by atoms with Crippen molar-refractivity contribution in [2.75, 3.05) is 29.5 Å². The molecule has 1 aromatic heterocycles. The van der Waals surface area contributed by atoms with Gasteiger partial charge in [0.1, 0.15) is 5.76 Å². The molecule has 0 bridgehead atoms. The van der Waals surface area contributed by atoms with Gasteiger partial charge in [0.2, 0.25) is 0 Å². The van der Waals surface area contributed by atoms with E-state index in [4.69, 9.17) is 16.2 Å². The van der Waals surface area contributed by atoms with Crippen LogP contribution in [0.4, 0.5) is 11.4 Å². The van der Waals surface area contributed by atoms with Crippen molar-refractivity contribution < 1.29 is 4.74 Å². The minimum Gasteiger partial charge on any atom is -0.493 e. The lowest BCUT2D eigenvalue weighted by Gasteiger charge is -2.36. The molecule has 0 aromatic carbocycles. The minimum absolute atomic E-state index is 0.0682. The molecule has 3 aliphatic heterocycles. The van der Waals surface area contributed by atoms with Crippen LogP contribution in [0.3, 0.4) is 0 Å². The Morgan fingerprint density at radius 2 is 2.23 bits per heavy atom. The molecule has 7 heteroatoms. The predicted octanol–water partition coefficient (Wildman–Crippen LogP) is 2.51. The van der Waals surface area contributed by atoms with E-state index in [1.165, 1.54) is 0 Å². The Bertz CT molecular complexity index is 775. The van der Waals surface area contributed by atoms with Gasteiger partial charge in [0, 0.05) is 31.5 Å². The number of allylic oxidation sites excluding steroid dienone is 1. The molecule has 1 unspecified atom stereocenters. The van der Waals surface area contributed by atoms with Crippen molar-refractivity contribution in [2.24, 2.45) is 11.5 Å². The average Bonchev–Trinajstić information content (AvgIpc) is 3.04. The largest absolute Gasteiger partial charge is 0.493 e. The number of anilines is 2. The fraction of sp³-hybridized carbons (Fsp3) is 0.421. The highest BCUT2D eigenvalue weighted by Gasteiger charge is 2.31. The molecule has 1 saturated heterocycles. The fourth-order valence-corrected chi connectivity index (χ4v) is 4.67. The van der Waals surface area contributed by atoms with E-state index < -0.39 is 0 Å². The molecule has 1 aromatic rings. The monoisotopic (exact) mass is 371 g/mol. The van der Waals surface area contributed by atoms with Crippen LogP contribution in [0.2, 0.25) is 0 Å². The third kappa shape index (κ3) is 3.22.